The summed E-state index contributed by atoms with van der Waals surface area (Å²) < 4.78 is 0. The zero-order valence-corrected chi connectivity index (χ0v) is 13.0. The lowest BCUT2D eigenvalue weighted by Crippen LogP contribution is -2.47. The van der Waals surface area contributed by atoms with E-state index in [4.69, 9.17) is 5.11 Å². The largest absolute Gasteiger partial charge is 0.481 e. The molecule has 4 heteroatoms. The first kappa shape index (κ1) is 15.1. The van der Waals surface area contributed by atoms with E-state index in [2.05, 4.69) is 17.4 Å². The van der Waals surface area contributed by atoms with E-state index >= 15 is 0 Å². The summed E-state index contributed by atoms with van der Waals surface area (Å²) in [5, 5.41) is 12.2. The molecule has 0 bridgehead atoms. The first-order valence-corrected chi connectivity index (χ1v) is 8.13. The van der Waals surface area contributed by atoms with Crippen molar-refractivity contribution in [1.82, 2.24) is 5.32 Å². The van der Waals surface area contributed by atoms with Gasteiger partial charge in [0.05, 0.1) is 11.3 Å². The molecule has 3 atom stereocenters. The lowest BCUT2D eigenvalue weighted by atomic mass is 9.70. The highest BCUT2D eigenvalue weighted by Gasteiger charge is 2.40. The molecular weight excluding hydrogens is 278 g/mol. The third-order valence-electron chi connectivity index (χ3n) is 5.35. The molecule has 118 valence electrons. The van der Waals surface area contributed by atoms with Crippen LogP contribution in [0.1, 0.15) is 50.2 Å². The maximum absolute atomic E-state index is 12.9. The van der Waals surface area contributed by atoms with Crippen LogP contribution in [0, 0.1) is 5.92 Å². The molecule has 1 aromatic carbocycles. The quantitative estimate of drug-likeness (QED) is 0.902. The number of benzene rings is 1. The van der Waals surface area contributed by atoms with Gasteiger partial charge in [-0.05, 0) is 56.6 Å². The smallest absolute Gasteiger partial charge is 0.306 e. The number of carboxylic acids is 1. The van der Waals surface area contributed by atoms with Crippen LogP contribution in [-0.2, 0) is 21.4 Å². The molecule has 1 saturated carbocycles. The standard InChI is InChI=1S/C18H23NO3/c1-18(10-4-6-12-5-2-3-7-15(12)18)17(22)19-14-9-8-13(11-14)16(20)21/h2-3,5,7,13-14H,4,6,8-11H2,1H3,(H,19,22)(H,20,21)/t13-,14+,18?/m0/s1. The summed E-state index contributed by atoms with van der Waals surface area (Å²) >= 11 is 0. The lowest BCUT2D eigenvalue weighted by Gasteiger charge is -2.35. The predicted octanol–water partition coefficient (Wildman–Crippen LogP) is 2.65. The molecule has 1 unspecified atom stereocenters. The van der Waals surface area contributed by atoms with Gasteiger partial charge in [-0.25, -0.2) is 0 Å². The highest BCUT2D eigenvalue weighted by Crippen LogP contribution is 2.38. The van der Waals surface area contributed by atoms with E-state index in [1.807, 2.05) is 19.1 Å². The van der Waals surface area contributed by atoms with Crippen LogP contribution >= 0.6 is 0 Å². The van der Waals surface area contributed by atoms with Crippen molar-refractivity contribution in [2.75, 3.05) is 0 Å². The Morgan fingerprint density at radius 2 is 2.05 bits per heavy atom. The molecule has 0 radical (unpaired) electrons. The SMILES string of the molecule is CC1(C(=O)N[C@@H]2CC[C@H](C(=O)O)C2)CCCc2ccccc21. The molecule has 0 heterocycles. The van der Waals surface area contributed by atoms with Crippen LogP contribution in [0.4, 0.5) is 0 Å². The minimum atomic E-state index is -0.744. The Balaban J connectivity index is 1.74. The van der Waals surface area contributed by atoms with Crippen molar-refractivity contribution < 1.29 is 14.7 Å². The van der Waals surface area contributed by atoms with Crippen molar-refractivity contribution in [1.29, 1.82) is 0 Å². The molecule has 0 aromatic heterocycles. The van der Waals surface area contributed by atoms with Gasteiger partial charge < -0.3 is 10.4 Å². The monoisotopic (exact) mass is 301 g/mol. The number of nitrogens with one attached hydrogen (secondary N) is 1. The van der Waals surface area contributed by atoms with E-state index < -0.39 is 11.4 Å². The van der Waals surface area contributed by atoms with Crippen LogP contribution in [0.5, 0.6) is 0 Å². The third kappa shape index (κ3) is 2.62. The predicted molar refractivity (Wildman–Crippen MR) is 83.6 cm³/mol. The van der Waals surface area contributed by atoms with Gasteiger partial charge in [0.15, 0.2) is 0 Å². The minimum absolute atomic E-state index is 0.000450. The van der Waals surface area contributed by atoms with E-state index in [-0.39, 0.29) is 17.9 Å². The van der Waals surface area contributed by atoms with Gasteiger partial charge in [-0.3, -0.25) is 9.59 Å². The maximum Gasteiger partial charge on any atom is 0.306 e. The molecule has 1 aromatic rings. The number of amides is 1. The molecule has 2 N–H and O–H groups in total. The molecule has 1 amide bonds. The molecule has 3 rings (SSSR count). The lowest BCUT2D eigenvalue weighted by molar-refractivity contribution is -0.141. The normalized spacial score (nSPS) is 30.6. The molecule has 22 heavy (non-hydrogen) atoms. The van der Waals surface area contributed by atoms with E-state index in [0.29, 0.717) is 12.8 Å². The molecule has 4 nitrogen and oxygen atoms in total. The van der Waals surface area contributed by atoms with Crippen LogP contribution in [-0.4, -0.2) is 23.0 Å². The van der Waals surface area contributed by atoms with Crippen LogP contribution in [0.25, 0.3) is 0 Å². The second kappa shape index (κ2) is 5.75. The van der Waals surface area contributed by atoms with Crippen molar-refractivity contribution in [2.45, 2.75) is 56.9 Å². The zero-order chi connectivity index (χ0) is 15.7. The van der Waals surface area contributed by atoms with E-state index in [0.717, 1.165) is 31.2 Å². The van der Waals surface area contributed by atoms with Crippen LogP contribution in [0.15, 0.2) is 24.3 Å². The molecule has 1 fully saturated rings. The molecule has 0 spiro atoms. The Labute approximate surface area is 130 Å². The average molecular weight is 301 g/mol. The summed E-state index contributed by atoms with van der Waals surface area (Å²) in [5.74, 6) is -1.00. The minimum Gasteiger partial charge on any atom is -0.481 e. The van der Waals surface area contributed by atoms with Gasteiger partial charge in [-0.2, -0.15) is 0 Å². The number of hydrogen-bond donors (Lipinski definition) is 2. The fourth-order valence-corrected chi connectivity index (χ4v) is 3.96. The van der Waals surface area contributed by atoms with E-state index in [1.165, 1.54) is 5.56 Å². The van der Waals surface area contributed by atoms with E-state index in [1.54, 1.807) is 0 Å². The summed E-state index contributed by atoms with van der Waals surface area (Å²) in [6.45, 7) is 2.02. The second-order valence-electron chi connectivity index (χ2n) is 6.86. The second-order valence-corrected chi connectivity index (χ2v) is 6.86. The van der Waals surface area contributed by atoms with Gasteiger partial charge in [0.25, 0.3) is 0 Å². The van der Waals surface area contributed by atoms with Gasteiger partial charge >= 0.3 is 5.97 Å². The molecular formula is C18H23NO3. The van der Waals surface area contributed by atoms with Crippen molar-refractivity contribution in [3.63, 3.8) is 0 Å². The summed E-state index contributed by atoms with van der Waals surface area (Å²) in [5.41, 5.74) is 1.91. The van der Waals surface area contributed by atoms with Crippen LogP contribution < -0.4 is 5.32 Å². The summed E-state index contributed by atoms with van der Waals surface area (Å²) in [4.78, 5) is 23.9. The van der Waals surface area contributed by atoms with Gasteiger partial charge in [0.2, 0.25) is 5.91 Å². The van der Waals surface area contributed by atoms with Gasteiger partial charge in [0.1, 0.15) is 0 Å². The molecule has 2 aliphatic rings. The Bertz CT molecular complexity index is 598. The van der Waals surface area contributed by atoms with Gasteiger partial charge in [0, 0.05) is 6.04 Å². The number of carbonyl (C=O) groups is 2. The van der Waals surface area contributed by atoms with Crippen molar-refractivity contribution in [2.24, 2.45) is 5.92 Å². The zero-order valence-electron chi connectivity index (χ0n) is 13.0. The first-order valence-electron chi connectivity index (χ1n) is 8.13. The topological polar surface area (TPSA) is 66.4 Å². The Morgan fingerprint density at radius 3 is 2.77 bits per heavy atom. The Kier molecular flexibility index (Phi) is 3.94. The summed E-state index contributed by atoms with van der Waals surface area (Å²) in [6, 6.07) is 8.18. The third-order valence-corrected chi connectivity index (χ3v) is 5.35. The van der Waals surface area contributed by atoms with Crippen molar-refractivity contribution >= 4 is 11.9 Å². The molecule has 0 saturated heterocycles. The highest BCUT2D eigenvalue weighted by atomic mass is 16.4. The number of aliphatic carboxylic acids is 1. The summed E-state index contributed by atoms with van der Waals surface area (Å²) in [7, 11) is 0. The van der Waals surface area contributed by atoms with E-state index in [9.17, 15) is 9.59 Å². The Hall–Kier alpha value is -1.84. The fraction of sp³-hybridized carbons (Fsp3) is 0.556. The number of hydrogen-bond acceptors (Lipinski definition) is 2. The Morgan fingerprint density at radius 1 is 1.27 bits per heavy atom. The highest BCUT2D eigenvalue weighted by molar-refractivity contribution is 5.89. The number of carbonyl (C=O) groups excluding carboxylic acids is 1. The summed E-state index contributed by atoms with van der Waals surface area (Å²) in [6.07, 6.45) is 4.88. The average Bonchev–Trinajstić information content (AvgIpc) is 2.96. The number of rotatable bonds is 3. The van der Waals surface area contributed by atoms with Crippen LogP contribution in [0.2, 0.25) is 0 Å². The van der Waals surface area contributed by atoms with Gasteiger partial charge in [-0.15, -0.1) is 0 Å². The number of fused-ring (bicyclic) bond motifs is 1. The maximum atomic E-state index is 12.9. The number of aryl methyl sites for hydroxylation is 1. The fourth-order valence-electron chi connectivity index (χ4n) is 3.96. The van der Waals surface area contributed by atoms with Gasteiger partial charge in [-0.1, -0.05) is 24.3 Å². The van der Waals surface area contributed by atoms with Crippen molar-refractivity contribution in [3.05, 3.63) is 35.4 Å². The van der Waals surface area contributed by atoms with Crippen molar-refractivity contribution in [3.8, 4) is 0 Å². The first-order chi connectivity index (χ1) is 10.5. The molecule has 0 aliphatic heterocycles. The van der Waals surface area contributed by atoms with Crippen LogP contribution in [0.3, 0.4) is 0 Å². The molecule has 2 aliphatic carbocycles. The number of carboxylic acid groups (broad SMARTS) is 1.